The zero-order chi connectivity index (χ0) is 19.9. The Morgan fingerprint density at radius 3 is 3.18 bits per heavy atom. The number of likely N-dealkylation sites (tertiary alicyclic amines) is 1. The molecule has 0 spiro atoms. The molecule has 0 aromatic carbocycles. The number of carbonyl (C=O) groups is 1. The monoisotopic (exact) mass is 381 g/mol. The van der Waals surface area contributed by atoms with Gasteiger partial charge in [0, 0.05) is 31.5 Å². The van der Waals surface area contributed by atoms with E-state index in [0.717, 1.165) is 19.1 Å². The Hall–Kier alpha value is -3.74. The number of piperidine rings is 1. The van der Waals surface area contributed by atoms with E-state index in [4.69, 9.17) is 15.4 Å². The number of hydrogen-bond donors (Lipinski definition) is 3. The third-order valence-electron chi connectivity index (χ3n) is 4.28. The van der Waals surface area contributed by atoms with Gasteiger partial charge in [-0.25, -0.2) is 0 Å². The van der Waals surface area contributed by atoms with Crippen LogP contribution in [0.5, 0.6) is 11.9 Å². The number of amides is 1. The minimum atomic E-state index is -0.237. The first kappa shape index (κ1) is 19.0. The lowest BCUT2D eigenvalue weighted by atomic mass is 10.1. The van der Waals surface area contributed by atoms with Crippen LogP contribution in [0.1, 0.15) is 19.3 Å². The summed E-state index contributed by atoms with van der Waals surface area (Å²) in [6.45, 7) is 1.11. The Morgan fingerprint density at radius 2 is 2.39 bits per heavy atom. The Labute approximate surface area is 161 Å². The van der Waals surface area contributed by atoms with E-state index in [0.29, 0.717) is 24.0 Å². The number of nitrogens with zero attached hydrogens (tertiary/aromatic N) is 5. The summed E-state index contributed by atoms with van der Waals surface area (Å²) in [5.74, 6) is -0.281. The Kier molecular flexibility index (Phi) is 5.96. The molecule has 0 saturated carbocycles. The number of fused-ring (bicyclic) bond motifs is 1. The second-order valence-corrected chi connectivity index (χ2v) is 6.20. The molecule has 0 radical (unpaired) electrons. The van der Waals surface area contributed by atoms with E-state index in [9.17, 15) is 9.90 Å². The number of nitriles is 1. The molecule has 1 fully saturated rings. The Balaban J connectivity index is 1.67. The summed E-state index contributed by atoms with van der Waals surface area (Å²) in [5.41, 5.74) is 0.418. The van der Waals surface area contributed by atoms with E-state index in [1.165, 1.54) is 18.6 Å². The van der Waals surface area contributed by atoms with Crippen LogP contribution < -0.4 is 10.1 Å². The molecule has 3 N–H and O–H groups in total. The van der Waals surface area contributed by atoms with Gasteiger partial charge in [-0.1, -0.05) is 0 Å². The third-order valence-corrected chi connectivity index (χ3v) is 4.28. The smallest absolute Gasteiger partial charge is 0.326 e. The largest absolute Gasteiger partial charge is 0.493 e. The van der Waals surface area contributed by atoms with Crippen molar-refractivity contribution in [3.8, 4) is 18.0 Å². The summed E-state index contributed by atoms with van der Waals surface area (Å²) >= 11 is 0. The van der Waals surface area contributed by atoms with Crippen LogP contribution in [0.25, 0.3) is 10.9 Å². The number of aromatic hydroxyl groups is 1. The molecule has 1 saturated heterocycles. The van der Waals surface area contributed by atoms with Crippen molar-refractivity contribution in [3.05, 3.63) is 30.4 Å². The van der Waals surface area contributed by atoms with Crippen LogP contribution in [0, 0.1) is 16.7 Å². The number of carbonyl (C=O) groups excluding carboxylic acids is 1. The van der Waals surface area contributed by atoms with Crippen LogP contribution in [0.15, 0.2) is 30.4 Å². The molecule has 10 nitrogen and oxygen atoms in total. The van der Waals surface area contributed by atoms with Crippen LogP contribution in [0.3, 0.4) is 0 Å². The summed E-state index contributed by atoms with van der Waals surface area (Å²) in [7, 11) is 0. The number of ether oxygens (including phenoxy) is 1. The highest BCUT2D eigenvalue weighted by molar-refractivity contribution is 5.82. The highest BCUT2D eigenvalue weighted by Crippen LogP contribution is 2.23. The molecule has 2 aromatic rings. The van der Waals surface area contributed by atoms with Gasteiger partial charge in [0.15, 0.2) is 5.76 Å². The molecule has 3 rings (SSSR count). The number of allylic oxidation sites excluding steroid dienone is 1. The SMILES string of the molecule is N#CCC(=O)N1CCC[C@H](N/C=C(\C=N)Oc2nc(O)c3ccncc3n2)C1. The Morgan fingerprint density at radius 1 is 1.54 bits per heavy atom. The van der Waals surface area contributed by atoms with Crippen LogP contribution in [0.4, 0.5) is 0 Å². The highest BCUT2D eigenvalue weighted by atomic mass is 16.5. The van der Waals surface area contributed by atoms with Crippen molar-refractivity contribution in [1.82, 2.24) is 25.2 Å². The molecule has 1 atom stereocenters. The third kappa shape index (κ3) is 4.50. The first-order chi connectivity index (χ1) is 13.6. The molecule has 1 aliphatic heterocycles. The van der Waals surface area contributed by atoms with Crippen molar-refractivity contribution in [2.75, 3.05) is 13.1 Å². The molecule has 10 heteroatoms. The van der Waals surface area contributed by atoms with Gasteiger partial charge in [0.25, 0.3) is 0 Å². The minimum Gasteiger partial charge on any atom is -0.493 e. The predicted octanol–water partition coefficient (Wildman–Crippen LogP) is 1.09. The van der Waals surface area contributed by atoms with Crippen molar-refractivity contribution in [3.63, 3.8) is 0 Å². The molecule has 2 aromatic heterocycles. The van der Waals surface area contributed by atoms with Gasteiger partial charge in [0.05, 0.1) is 29.4 Å². The van der Waals surface area contributed by atoms with Crippen molar-refractivity contribution in [2.24, 2.45) is 0 Å². The second kappa shape index (κ2) is 8.77. The van der Waals surface area contributed by atoms with Crippen molar-refractivity contribution in [2.45, 2.75) is 25.3 Å². The van der Waals surface area contributed by atoms with Crippen molar-refractivity contribution < 1.29 is 14.6 Å². The molecule has 144 valence electrons. The molecular formula is C18H19N7O3. The summed E-state index contributed by atoms with van der Waals surface area (Å²) in [4.78, 5) is 25.5. The maximum Gasteiger partial charge on any atom is 0.326 e. The summed E-state index contributed by atoms with van der Waals surface area (Å²) in [6, 6.07) is 3.33. The maximum absolute atomic E-state index is 11.9. The fourth-order valence-electron chi connectivity index (χ4n) is 2.91. The molecule has 0 unspecified atom stereocenters. The molecule has 0 aliphatic carbocycles. The molecule has 1 amide bonds. The second-order valence-electron chi connectivity index (χ2n) is 6.20. The molecule has 3 heterocycles. The predicted molar refractivity (Wildman–Crippen MR) is 99.5 cm³/mol. The van der Waals surface area contributed by atoms with Crippen LogP contribution in [0.2, 0.25) is 0 Å². The van der Waals surface area contributed by atoms with Gasteiger partial charge in [-0.2, -0.15) is 15.2 Å². The average Bonchev–Trinajstić information content (AvgIpc) is 2.71. The van der Waals surface area contributed by atoms with Crippen LogP contribution in [-0.2, 0) is 4.79 Å². The van der Waals surface area contributed by atoms with Gasteiger partial charge in [-0.3, -0.25) is 9.78 Å². The topological polar surface area (TPSA) is 148 Å². The molecule has 1 aliphatic rings. The molecular weight excluding hydrogens is 362 g/mol. The van der Waals surface area contributed by atoms with Gasteiger partial charge in [-0.05, 0) is 18.9 Å². The van der Waals surface area contributed by atoms with E-state index in [2.05, 4.69) is 20.3 Å². The molecule has 28 heavy (non-hydrogen) atoms. The minimum absolute atomic E-state index is 0.0231. The fourth-order valence-corrected chi connectivity index (χ4v) is 2.91. The first-order valence-electron chi connectivity index (χ1n) is 8.70. The van der Waals surface area contributed by atoms with Gasteiger partial charge >= 0.3 is 6.01 Å². The zero-order valence-corrected chi connectivity index (χ0v) is 15.0. The van der Waals surface area contributed by atoms with Gasteiger partial charge in [0.2, 0.25) is 11.8 Å². The van der Waals surface area contributed by atoms with Gasteiger partial charge < -0.3 is 25.5 Å². The fraction of sp³-hybridized carbons (Fsp3) is 0.333. The van der Waals surface area contributed by atoms with Gasteiger partial charge in [0.1, 0.15) is 6.42 Å². The first-order valence-corrected chi connectivity index (χ1v) is 8.70. The normalized spacial score (nSPS) is 17.0. The quantitative estimate of drug-likeness (QED) is 0.497. The lowest BCUT2D eigenvalue weighted by Gasteiger charge is -2.32. The lowest BCUT2D eigenvalue weighted by molar-refractivity contribution is -0.131. The number of nitrogens with one attached hydrogen (secondary N) is 2. The number of pyridine rings is 1. The van der Waals surface area contributed by atoms with Crippen LogP contribution >= 0.6 is 0 Å². The number of aromatic nitrogens is 3. The highest BCUT2D eigenvalue weighted by Gasteiger charge is 2.22. The summed E-state index contributed by atoms with van der Waals surface area (Å²) < 4.78 is 5.48. The number of rotatable bonds is 6. The van der Waals surface area contributed by atoms with E-state index < -0.39 is 0 Å². The van der Waals surface area contributed by atoms with E-state index >= 15 is 0 Å². The van der Waals surface area contributed by atoms with Gasteiger partial charge in [-0.15, -0.1) is 0 Å². The van der Waals surface area contributed by atoms with Crippen molar-refractivity contribution >= 4 is 23.0 Å². The standard InChI is InChI=1S/C18H19N7O3/c19-5-3-16(26)25-7-1-2-12(11-25)22-9-13(8-20)28-18-23-15-10-21-6-4-14(15)17(27)24-18/h4,6,8-10,12,20,22H,1-3,7,11H2,(H,23,24,27)/b13-9+,20-8?/t12-/m0/s1. The number of hydrogen-bond acceptors (Lipinski definition) is 9. The van der Waals surface area contributed by atoms with Crippen molar-refractivity contribution in [1.29, 1.82) is 10.7 Å². The summed E-state index contributed by atoms with van der Waals surface area (Å²) in [6.07, 6.45) is 7.02. The molecule has 0 bridgehead atoms. The Bertz CT molecular complexity index is 954. The average molecular weight is 381 g/mol. The van der Waals surface area contributed by atoms with E-state index in [-0.39, 0.29) is 36.0 Å². The zero-order valence-electron chi connectivity index (χ0n) is 15.0. The lowest BCUT2D eigenvalue weighted by Crippen LogP contribution is -2.46. The summed E-state index contributed by atoms with van der Waals surface area (Å²) in [5, 5.41) is 29.7. The van der Waals surface area contributed by atoms with E-state index in [1.807, 2.05) is 6.07 Å². The van der Waals surface area contributed by atoms with E-state index in [1.54, 1.807) is 11.0 Å². The maximum atomic E-state index is 11.9. The van der Waals surface area contributed by atoms with Crippen LogP contribution in [-0.4, -0.2) is 56.2 Å².